The molecule has 2 aromatic heterocycles. The minimum Gasteiger partial charge on any atom is -0.402 e. The second kappa shape index (κ2) is 7.33. The first-order valence-electron chi connectivity index (χ1n) is 11.7. The standard InChI is InChI=1S/C23H28F3N5O2/c1-11(2)31-19(7-18(29-31)12-3-20(22(27)28-8-12)33-23(24,25)26)21-16-5-13(6-17(16)21)30-9-15-4-14(30)10-32-15/h3,7-8,11,13-17,21H,4-6,9-10H2,1-2H3,(H2,27,28)/t13-,14-,15-,16+,17-,21-/m1/s1. The van der Waals surface area contributed by atoms with Crippen LogP contribution >= 0.6 is 0 Å². The number of nitrogen functional groups attached to an aromatic ring is 1. The van der Waals surface area contributed by atoms with E-state index in [1.807, 2.05) is 10.7 Å². The number of ether oxygens (including phenoxy) is 2. The van der Waals surface area contributed by atoms with E-state index in [1.54, 1.807) is 0 Å². The molecule has 6 atom stereocenters. The van der Waals surface area contributed by atoms with Gasteiger partial charge in [0.25, 0.3) is 0 Å². The van der Waals surface area contributed by atoms with Crippen molar-refractivity contribution in [3.63, 3.8) is 0 Å². The molecule has 10 heteroatoms. The molecule has 6 rings (SSSR count). The van der Waals surface area contributed by atoms with Gasteiger partial charge in [-0.3, -0.25) is 9.58 Å². The van der Waals surface area contributed by atoms with Crippen molar-refractivity contribution in [2.75, 3.05) is 18.9 Å². The number of morpholine rings is 1. The van der Waals surface area contributed by atoms with Gasteiger partial charge in [-0.05, 0) is 57.1 Å². The van der Waals surface area contributed by atoms with Gasteiger partial charge in [-0.2, -0.15) is 5.10 Å². The zero-order valence-electron chi connectivity index (χ0n) is 18.6. The van der Waals surface area contributed by atoms with Crippen molar-refractivity contribution >= 4 is 5.82 Å². The highest BCUT2D eigenvalue weighted by atomic mass is 19.4. The number of halogens is 3. The normalized spacial score (nSPS) is 33.2. The third kappa shape index (κ3) is 3.67. The van der Waals surface area contributed by atoms with Gasteiger partial charge < -0.3 is 15.2 Å². The number of hydrogen-bond acceptors (Lipinski definition) is 6. The lowest BCUT2D eigenvalue weighted by atomic mass is 10.0. The summed E-state index contributed by atoms with van der Waals surface area (Å²) in [5.41, 5.74) is 7.80. The SMILES string of the molecule is CC(C)n1nc(-c2cnc(N)c(OC(F)(F)F)c2)cc1[C@H]1[C@@H]2C[C@H](N3C[C@H]4C[C@@H]3CO4)C[C@@H]21. The van der Waals surface area contributed by atoms with Crippen molar-refractivity contribution in [3.8, 4) is 17.0 Å². The van der Waals surface area contributed by atoms with Crippen LogP contribution in [0.5, 0.6) is 5.75 Å². The number of nitrogens with zero attached hydrogens (tertiary/aromatic N) is 4. The zero-order valence-corrected chi connectivity index (χ0v) is 18.6. The Kier molecular flexibility index (Phi) is 4.72. The lowest BCUT2D eigenvalue weighted by Crippen LogP contribution is -2.43. The second-order valence-corrected chi connectivity index (χ2v) is 10.2. The molecular formula is C23H28F3N5O2. The summed E-state index contributed by atoms with van der Waals surface area (Å²) >= 11 is 0. The van der Waals surface area contributed by atoms with Crippen molar-refractivity contribution in [2.45, 2.75) is 69.6 Å². The fraction of sp³-hybridized carbons (Fsp3) is 0.652. The average Bonchev–Trinajstić information content (AvgIpc) is 3.32. The molecule has 178 valence electrons. The number of hydrogen-bond donors (Lipinski definition) is 1. The van der Waals surface area contributed by atoms with Gasteiger partial charge in [-0.1, -0.05) is 0 Å². The van der Waals surface area contributed by atoms with Crippen LogP contribution < -0.4 is 10.5 Å². The van der Waals surface area contributed by atoms with E-state index in [0.29, 0.717) is 47.2 Å². The summed E-state index contributed by atoms with van der Waals surface area (Å²) in [6.07, 6.45) is 0.610. The van der Waals surface area contributed by atoms with Crippen LogP contribution in [0.4, 0.5) is 19.0 Å². The average molecular weight is 464 g/mol. The molecular weight excluding hydrogens is 435 g/mol. The maximum absolute atomic E-state index is 12.7. The Hall–Kier alpha value is -2.33. The molecule has 33 heavy (non-hydrogen) atoms. The topological polar surface area (TPSA) is 78.4 Å². The first-order chi connectivity index (χ1) is 15.7. The van der Waals surface area contributed by atoms with Gasteiger partial charge in [0.1, 0.15) is 0 Å². The Bertz CT molecular complexity index is 1060. The molecule has 7 nitrogen and oxygen atoms in total. The van der Waals surface area contributed by atoms with Gasteiger partial charge in [0.15, 0.2) is 11.6 Å². The van der Waals surface area contributed by atoms with Crippen LogP contribution in [0.15, 0.2) is 18.3 Å². The Balaban J connectivity index is 1.22. The highest BCUT2D eigenvalue weighted by Gasteiger charge is 2.60. The third-order valence-electron chi connectivity index (χ3n) is 7.83. The lowest BCUT2D eigenvalue weighted by Gasteiger charge is -2.33. The molecule has 4 fully saturated rings. The zero-order chi connectivity index (χ0) is 23.1. The predicted molar refractivity (Wildman–Crippen MR) is 115 cm³/mol. The quantitative estimate of drug-likeness (QED) is 0.723. The first kappa shape index (κ1) is 21.2. The third-order valence-corrected chi connectivity index (χ3v) is 7.83. The highest BCUT2D eigenvalue weighted by Crippen LogP contribution is 2.64. The van der Waals surface area contributed by atoms with E-state index in [2.05, 4.69) is 28.5 Å². The monoisotopic (exact) mass is 463 g/mol. The van der Waals surface area contributed by atoms with Gasteiger partial charge in [-0.15, -0.1) is 13.2 Å². The van der Waals surface area contributed by atoms with Crippen LogP contribution in [-0.4, -0.2) is 57.4 Å². The van der Waals surface area contributed by atoms with Gasteiger partial charge >= 0.3 is 6.36 Å². The summed E-state index contributed by atoms with van der Waals surface area (Å²) < 4.78 is 50.0. The van der Waals surface area contributed by atoms with E-state index in [9.17, 15) is 13.2 Å². The van der Waals surface area contributed by atoms with Gasteiger partial charge in [0.05, 0.1) is 18.4 Å². The van der Waals surface area contributed by atoms with Crippen LogP contribution in [0.3, 0.4) is 0 Å². The van der Waals surface area contributed by atoms with Crippen LogP contribution in [0.25, 0.3) is 11.3 Å². The van der Waals surface area contributed by atoms with Crippen LogP contribution in [0, 0.1) is 11.8 Å². The van der Waals surface area contributed by atoms with Crippen LogP contribution in [-0.2, 0) is 4.74 Å². The van der Waals surface area contributed by atoms with Crippen molar-refractivity contribution < 1.29 is 22.6 Å². The molecule has 0 amide bonds. The van der Waals surface area contributed by atoms with Crippen molar-refractivity contribution in [1.82, 2.24) is 19.7 Å². The number of fused-ring (bicyclic) bond motifs is 3. The number of nitrogens with two attached hydrogens (primary N) is 1. The van der Waals surface area contributed by atoms with Crippen molar-refractivity contribution in [3.05, 3.63) is 24.0 Å². The van der Waals surface area contributed by atoms with Gasteiger partial charge in [0.2, 0.25) is 0 Å². The number of alkyl halides is 3. The number of aromatic nitrogens is 3. The van der Waals surface area contributed by atoms with Crippen LogP contribution in [0.1, 0.15) is 50.8 Å². The summed E-state index contributed by atoms with van der Waals surface area (Å²) in [5, 5.41) is 4.74. The van der Waals surface area contributed by atoms with Crippen LogP contribution in [0.2, 0.25) is 0 Å². The fourth-order valence-corrected chi connectivity index (χ4v) is 6.41. The van der Waals surface area contributed by atoms with E-state index < -0.39 is 12.1 Å². The predicted octanol–water partition coefficient (Wildman–Crippen LogP) is 3.97. The Morgan fingerprint density at radius 3 is 2.52 bits per heavy atom. The molecule has 2 aromatic rings. The molecule has 2 aliphatic heterocycles. The summed E-state index contributed by atoms with van der Waals surface area (Å²) in [7, 11) is 0. The second-order valence-electron chi connectivity index (χ2n) is 10.2. The number of anilines is 1. The van der Waals surface area contributed by atoms with E-state index in [1.165, 1.54) is 31.5 Å². The minimum atomic E-state index is -4.83. The summed E-state index contributed by atoms with van der Waals surface area (Å²) in [5.74, 6) is 0.934. The molecule has 0 radical (unpaired) electrons. The maximum Gasteiger partial charge on any atom is 0.573 e. The van der Waals surface area contributed by atoms with Gasteiger partial charge in [0, 0.05) is 48.0 Å². The molecule has 2 aliphatic carbocycles. The molecule has 4 aliphatic rings. The molecule has 0 aromatic carbocycles. The van der Waals surface area contributed by atoms with Crippen molar-refractivity contribution in [2.24, 2.45) is 11.8 Å². The van der Waals surface area contributed by atoms with Crippen molar-refractivity contribution in [1.29, 1.82) is 0 Å². The Morgan fingerprint density at radius 1 is 1.15 bits per heavy atom. The van der Waals surface area contributed by atoms with E-state index >= 15 is 0 Å². The Morgan fingerprint density at radius 2 is 1.91 bits per heavy atom. The Labute approximate surface area is 190 Å². The first-order valence-corrected chi connectivity index (χ1v) is 11.7. The van der Waals surface area contributed by atoms with Gasteiger partial charge in [-0.25, -0.2) is 4.98 Å². The fourth-order valence-electron chi connectivity index (χ4n) is 6.41. The smallest absolute Gasteiger partial charge is 0.402 e. The van der Waals surface area contributed by atoms with E-state index in [0.717, 1.165) is 18.8 Å². The number of pyridine rings is 1. The number of rotatable bonds is 5. The summed E-state index contributed by atoms with van der Waals surface area (Å²) in [6.45, 7) is 6.09. The molecule has 2 saturated heterocycles. The van der Waals surface area contributed by atoms with E-state index in [4.69, 9.17) is 15.6 Å². The molecule has 0 spiro atoms. The minimum absolute atomic E-state index is 0.143. The lowest BCUT2D eigenvalue weighted by molar-refractivity contribution is -0.274. The molecule has 2 bridgehead atoms. The van der Waals surface area contributed by atoms with E-state index in [-0.39, 0.29) is 11.9 Å². The highest BCUT2D eigenvalue weighted by molar-refractivity contribution is 5.64. The maximum atomic E-state index is 12.7. The molecule has 2 N–H and O–H groups in total. The number of likely N-dealkylation sites (tertiary alicyclic amines) is 1. The molecule has 0 unspecified atom stereocenters. The largest absolute Gasteiger partial charge is 0.573 e. The molecule has 4 heterocycles. The summed E-state index contributed by atoms with van der Waals surface area (Å²) in [6, 6.07) is 4.66. The molecule has 2 saturated carbocycles. The summed E-state index contributed by atoms with van der Waals surface area (Å²) in [4.78, 5) is 6.57.